The normalized spacial score (nSPS) is 11.0. The van der Waals surface area contributed by atoms with E-state index >= 15 is 0 Å². The Kier molecular flexibility index (Phi) is 1.51. The van der Waals surface area contributed by atoms with Gasteiger partial charge in [0.2, 0.25) is 0 Å². The highest BCUT2D eigenvalue weighted by molar-refractivity contribution is 5.69. The maximum Gasteiger partial charge on any atom is 0.332 e. The van der Waals surface area contributed by atoms with Gasteiger partial charge in [0.1, 0.15) is 6.33 Å². The Bertz CT molecular complexity index is 618. The zero-order chi connectivity index (χ0) is 10.5. The van der Waals surface area contributed by atoms with Crippen molar-refractivity contribution in [1.82, 2.24) is 18.8 Å². The molecule has 0 unspecified atom stereocenters. The van der Waals surface area contributed by atoms with E-state index in [4.69, 9.17) is 0 Å². The number of imidazole rings is 1. The molecule has 0 aliphatic rings. The van der Waals surface area contributed by atoms with E-state index < -0.39 is 11.2 Å². The SMILES string of the molecule is Cn1c(=O)c2c(ncn2O)n(C)c1=O. The molecule has 0 atom stereocenters. The van der Waals surface area contributed by atoms with Gasteiger partial charge in [-0.1, -0.05) is 0 Å². The standard InChI is InChI=1S/C7H8N4O3/c1-9-5-4(11(14)3-8-5)6(12)10(2)7(9)13/h3,14H,1-2H3. The minimum Gasteiger partial charge on any atom is -0.427 e. The van der Waals surface area contributed by atoms with Crippen LogP contribution >= 0.6 is 0 Å². The van der Waals surface area contributed by atoms with Gasteiger partial charge in [0, 0.05) is 14.1 Å². The van der Waals surface area contributed by atoms with Crippen molar-refractivity contribution in [2.24, 2.45) is 14.1 Å². The molecule has 0 fully saturated rings. The maximum atomic E-state index is 11.5. The predicted molar refractivity (Wildman–Crippen MR) is 47.4 cm³/mol. The zero-order valence-corrected chi connectivity index (χ0v) is 7.63. The lowest BCUT2D eigenvalue weighted by molar-refractivity contribution is 0.197. The molecule has 1 N–H and O–H groups in total. The van der Waals surface area contributed by atoms with Gasteiger partial charge in [-0.3, -0.25) is 13.9 Å². The molecule has 0 aromatic carbocycles. The van der Waals surface area contributed by atoms with Gasteiger partial charge in [0.05, 0.1) is 0 Å². The summed E-state index contributed by atoms with van der Waals surface area (Å²) in [6.07, 6.45) is 1.07. The maximum absolute atomic E-state index is 11.5. The molecular weight excluding hydrogens is 188 g/mol. The third-order valence-electron chi connectivity index (χ3n) is 2.13. The Morgan fingerprint density at radius 2 is 1.93 bits per heavy atom. The first-order chi connectivity index (χ1) is 6.54. The smallest absolute Gasteiger partial charge is 0.332 e. The number of rotatable bonds is 0. The van der Waals surface area contributed by atoms with Crippen LogP contribution in [0.1, 0.15) is 0 Å². The van der Waals surface area contributed by atoms with E-state index in [0.717, 1.165) is 10.9 Å². The summed E-state index contributed by atoms with van der Waals surface area (Å²) in [6.45, 7) is 0. The van der Waals surface area contributed by atoms with Crippen LogP contribution in [0, 0.1) is 0 Å². The van der Waals surface area contributed by atoms with Gasteiger partial charge < -0.3 is 5.21 Å². The van der Waals surface area contributed by atoms with Gasteiger partial charge in [-0.25, -0.2) is 9.78 Å². The first-order valence-corrected chi connectivity index (χ1v) is 3.86. The summed E-state index contributed by atoms with van der Waals surface area (Å²) in [5.41, 5.74) is -0.875. The molecule has 2 rings (SSSR count). The number of aryl methyl sites for hydroxylation is 1. The van der Waals surface area contributed by atoms with Crippen molar-refractivity contribution in [2.75, 3.05) is 0 Å². The molecule has 7 nitrogen and oxygen atoms in total. The Morgan fingerprint density at radius 3 is 2.57 bits per heavy atom. The molecule has 74 valence electrons. The van der Waals surface area contributed by atoms with Gasteiger partial charge in [0.15, 0.2) is 11.2 Å². The Hall–Kier alpha value is -2.05. The first kappa shape index (κ1) is 8.54. The predicted octanol–water partition coefficient (Wildman–Crippen LogP) is -1.33. The molecule has 0 saturated carbocycles. The van der Waals surface area contributed by atoms with Crippen molar-refractivity contribution in [3.05, 3.63) is 27.2 Å². The van der Waals surface area contributed by atoms with E-state index in [-0.39, 0.29) is 11.2 Å². The molecule has 0 aliphatic heterocycles. The first-order valence-electron chi connectivity index (χ1n) is 3.86. The molecule has 0 aliphatic carbocycles. The number of fused-ring (bicyclic) bond motifs is 1. The average Bonchev–Trinajstić information content (AvgIpc) is 2.54. The highest BCUT2D eigenvalue weighted by Crippen LogP contribution is 2.01. The molecular formula is C7H8N4O3. The van der Waals surface area contributed by atoms with E-state index in [1.165, 1.54) is 18.7 Å². The van der Waals surface area contributed by atoms with E-state index in [2.05, 4.69) is 4.98 Å². The van der Waals surface area contributed by atoms with Gasteiger partial charge in [-0.15, -0.1) is 0 Å². The lowest BCUT2D eigenvalue weighted by Crippen LogP contribution is -2.37. The van der Waals surface area contributed by atoms with Crippen LogP contribution in [0.3, 0.4) is 0 Å². The third-order valence-corrected chi connectivity index (χ3v) is 2.13. The minimum absolute atomic E-state index is 0.00500. The molecule has 2 heterocycles. The fourth-order valence-electron chi connectivity index (χ4n) is 1.33. The van der Waals surface area contributed by atoms with Gasteiger partial charge >= 0.3 is 5.69 Å². The molecule has 2 aromatic heterocycles. The summed E-state index contributed by atoms with van der Waals surface area (Å²) < 4.78 is 2.72. The van der Waals surface area contributed by atoms with Crippen LogP contribution < -0.4 is 11.2 Å². The summed E-state index contributed by atoms with van der Waals surface area (Å²) in [6, 6.07) is 0. The fourth-order valence-corrected chi connectivity index (χ4v) is 1.33. The quantitative estimate of drug-likeness (QED) is 0.529. The van der Waals surface area contributed by atoms with E-state index in [9.17, 15) is 14.8 Å². The monoisotopic (exact) mass is 196 g/mol. The van der Waals surface area contributed by atoms with Crippen LogP contribution in [0.25, 0.3) is 11.2 Å². The molecule has 0 amide bonds. The van der Waals surface area contributed by atoms with Crippen molar-refractivity contribution in [1.29, 1.82) is 0 Å². The largest absolute Gasteiger partial charge is 0.427 e. The van der Waals surface area contributed by atoms with Crippen LogP contribution in [0.4, 0.5) is 0 Å². The summed E-state index contributed by atoms with van der Waals surface area (Å²) in [5.74, 6) is 0. The molecule has 0 radical (unpaired) electrons. The summed E-state index contributed by atoms with van der Waals surface area (Å²) >= 11 is 0. The lowest BCUT2D eigenvalue weighted by Gasteiger charge is -2.01. The van der Waals surface area contributed by atoms with E-state index in [1.807, 2.05) is 0 Å². The molecule has 7 heteroatoms. The zero-order valence-electron chi connectivity index (χ0n) is 7.63. The second-order valence-electron chi connectivity index (χ2n) is 2.97. The Balaban J connectivity index is 3.22. The van der Waals surface area contributed by atoms with Gasteiger partial charge in [-0.05, 0) is 0 Å². The van der Waals surface area contributed by atoms with Crippen LogP contribution in [0.5, 0.6) is 0 Å². The number of hydrogen-bond acceptors (Lipinski definition) is 4. The van der Waals surface area contributed by atoms with Crippen molar-refractivity contribution in [3.63, 3.8) is 0 Å². The lowest BCUT2D eigenvalue weighted by atomic mass is 10.5. The highest BCUT2D eigenvalue weighted by Gasteiger charge is 2.13. The number of nitrogens with zero attached hydrogens (tertiary/aromatic N) is 4. The molecule has 2 aromatic rings. The van der Waals surface area contributed by atoms with Crippen molar-refractivity contribution < 1.29 is 5.21 Å². The summed E-state index contributed by atoms with van der Waals surface area (Å²) in [5, 5.41) is 9.26. The van der Waals surface area contributed by atoms with E-state index in [1.54, 1.807) is 0 Å². The van der Waals surface area contributed by atoms with Crippen molar-refractivity contribution in [3.8, 4) is 0 Å². The van der Waals surface area contributed by atoms with Crippen LogP contribution in [0.15, 0.2) is 15.9 Å². The molecule has 14 heavy (non-hydrogen) atoms. The average molecular weight is 196 g/mol. The molecule has 0 bridgehead atoms. The highest BCUT2D eigenvalue weighted by atomic mass is 16.5. The third kappa shape index (κ3) is 0.832. The van der Waals surface area contributed by atoms with Crippen molar-refractivity contribution >= 4 is 11.2 Å². The topological polar surface area (TPSA) is 82.0 Å². The molecule has 0 spiro atoms. The summed E-state index contributed by atoms with van der Waals surface area (Å²) in [7, 11) is 2.83. The fraction of sp³-hybridized carbons (Fsp3) is 0.286. The van der Waals surface area contributed by atoms with E-state index in [0.29, 0.717) is 4.73 Å². The van der Waals surface area contributed by atoms with Crippen LogP contribution in [-0.2, 0) is 14.1 Å². The second-order valence-corrected chi connectivity index (χ2v) is 2.97. The second kappa shape index (κ2) is 2.47. The number of hydrogen-bond donors (Lipinski definition) is 1. The summed E-state index contributed by atoms with van der Waals surface area (Å²) in [4.78, 5) is 26.7. The van der Waals surface area contributed by atoms with Gasteiger partial charge in [-0.2, -0.15) is 4.73 Å². The van der Waals surface area contributed by atoms with Crippen LogP contribution in [-0.4, -0.2) is 24.1 Å². The number of aromatic nitrogens is 4. The Morgan fingerprint density at radius 1 is 1.29 bits per heavy atom. The Labute approximate surface area is 77.4 Å². The van der Waals surface area contributed by atoms with Crippen molar-refractivity contribution in [2.45, 2.75) is 0 Å². The van der Waals surface area contributed by atoms with Gasteiger partial charge in [0.25, 0.3) is 5.56 Å². The molecule has 0 saturated heterocycles. The minimum atomic E-state index is -0.567. The van der Waals surface area contributed by atoms with Crippen LogP contribution in [0.2, 0.25) is 0 Å².